The van der Waals surface area contributed by atoms with Gasteiger partial charge < -0.3 is 20.9 Å². The SMILES string of the molecule is Cl.N[C@@H]1CCN(c2nc(Nc3cccc(C(F)(F)F)c3)c3c(=O)[nH]cc(Br)c3n2)C1. The van der Waals surface area contributed by atoms with E-state index < -0.39 is 17.3 Å². The van der Waals surface area contributed by atoms with Crippen molar-refractivity contribution in [3.8, 4) is 0 Å². The highest BCUT2D eigenvalue weighted by molar-refractivity contribution is 9.10. The molecule has 0 bridgehead atoms. The van der Waals surface area contributed by atoms with Gasteiger partial charge in [0.05, 0.1) is 15.6 Å². The average molecular weight is 506 g/mol. The van der Waals surface area contributed by atoms with Crippen LogP contribution in [0.5, 0.6) is 0 Å². The second kappa shape index (κ2) is 8.40. The van der Waals surface area contributed by atoms with Crippen LogP contribution in [0.3, 0.4) is 0 Å². The summed E-state index contributed by atoms with van der Waals surface area (Å²) in [5.74, 6) is 0.471. The lowest BCUT2D eigenvalue weighted by molar-refractivity contribution is -0.137. The quantitative estimate of drug-likeness (QED) is 0.501. The zero-order valence-corrected chi connectivity index (χ0v) is 17.7. The van der Waals surface area contributed by atoms with Gasteiger partial charge in [-0.05, 0) is 40.5 Å². The lowest BCUT2D eigenvalue weighted by Crippen LogP contribution is -2.28. The number of halogens is 5. The van der Waals surface area contributed by atoms with Gasteiger partial charge in [0.2, 0.25) is 5.95 Å². The number of pyridine rings is 1. The van der Waals surface area contributed by atoms with E-state index in [0.717, 1.165) is 18.6 Å². The molecule has 7 nitrogen and oxygen atoms in total. The summed E-state index contributed by atoms with van der Waals surface area (Å²) in [5, 5.41) is 3.00. The molecule has 160 valence electrons. The number of nitrogens with zero attached hydrogens (tertiary/aromatic N) is 3. The summed E-state index contributed by atoms with van der Waals surface area (Å²) in [5.41, 5.74) is 5.22. The van der Waals surface area contributed by atoms with E-state index in [1.165, 1.54) is 18.3 Å². The van der Waals surface area contributed by atoms with Crippen molar-refractivity contribution < 1.29 is 13.2 Å². The number of rotatable bonds is 3. The van der Waals surface area contributed by atoms with Crippen molar-refractivity contribution in [1.82, 2.24) is 15.0 Å². The summed E-state index contributed by atoms with van der Waals surface area (Å²) in [6.07, 6.45) is -2.25. The van der Waals surface area contributed by atoms with Gasteiger partial charge in [0, 0.05) is 31.0 Å². The predicted octanol–water partition coefficient (Wildman–Crippen LogP) is 3.80. The van der Waals surface area contributed by atoms with Crippen LogP contribution in [0.4, 0.5) is 30.6 Å². The van der Waals surface area contributed by atoms with Gasteiger partial charge in [-0.25, -0.2) is 4.98 Å². The van der Waals surface area contributed by atoms with Crippen molar-refractivity contribution in [2.75, 3.05) is 23.3 Å². The fourth-order valence-corrected chi connectivity index (χ4v) is 3.62. The Balaban J connectivity index is 0.00000256. The van der Waals surface area contributed by atoms with Crippen LogP contribution < -0.4 is 21.5 Å². The number of fused-ring (bicyclic) bond motifs is 1. The summed E-state index contributed by atoms with van der Waals surface area (Å²) in [6.45, 7) is 1.20. The van der Waals surface area contributed by atoms with E-state index in [2.05, 4.69) is 36.2 Å². The van der Waals surface area contributed by atoms with Crippen molar-refractivity contribution in [3.05, 3.63) is 50.9 Å². The Hall–Kier alpha value is -2.37. The van der Waals surface area contributed by atoms with E-state index >= 15 is 0 Å². The largest absolute Gasteiger partial charge is 0.416 e. The standard InChI is InChI=1S/C18H16BrF3N6O.ClH/c19-12-7-24-16(29)13-14(12)26-17(28-5-4-10(23)8-28)27-15(13)25-11-3-1-2-9(6-11)18(20,21)22;/h1-3,6-7,10H,4-5,8,23H2,(H,24,29)(H,25,26,27);1H/t10-;/m1./s1. The number of aromatic amines is 1. The van der Waals surface area contributed by atoms with Gasteiger partial charge in [0.25, 0.3) is 5.56 Å². The minimum absolute atomic E-state index is 0. The maximum absolute atomic E-state index is 13.0. The zero-order valence-electron chi connectivity index (χ0n) is 15.3. The molecule has 3 aromatic rings. The highest BCUT2D eigenvalue weighted by Gasteiger charge is 2.30. The molecule has 1 aliphatic rings. The van der Waals surface area contributed by atoms with Crippen LogP contribution in [0.25, 0.3) is 10.9 Å². The molecule has 0 spiro atoms. The topological polar surface area (TPSA) is 99.9 Å². The Kier molecular flexibility index (Phi) is 6.25. The van der Waals surface area contributed by atoms with Crippen molar-refractivity contribution in [2.24, 2.45) is 5.73 Å². The fourth-order valence-electron chi connectivity index (χ4n) is 3.22. The van der Waals surface area contributed by atoms with E-state index in [1.807, 2.05) is 4.90 Å². The average Bonchev–Trinajstić information content (AvgIpc) is 3.10. The normalized spacial score (nSPS) is 16.6. The van der Waals surface area contributed by atoms with Crippen LogP contribution in [-0.4, -0.2) is 34.1 Å². The molecule has 2 aromatic heterocycles. The summed E-state index contributed by atoms with van der Waals surface area (Å²) >= 11 is 3.36. The molecule has 1 aliphatic heterocycles. The third-order valence-electron chi connectivity index (χ3n) is 4.64. The molecule has 30 heavy (non-hydrogen) atoms. The number of benzene rings is 1. The number of hydrogen-bond donors (Lipinski definition) is 3. The van der Waals surface area contributed by atoms with Crippen LogP contribution in [-0.2, 0) is 6.18 Å². The lowest BCUT2D eigenvalue weighted by Gasteiger charge is -2.18. The monoisotopic (exact) mass is 504 g/mol. The first-order valence-corrected chi connectivity index (χ1v) is 9.55. The van der Waals surface area contributed by atoms with Crippen LogP contribution in [0.2, 0.25) is 0 Å². The summed E-state index contributed by atoms with van der Waals surface area (Å²) < 4.78 is 39.7. The molecule has 1 saturated heterocycles. The number of alkyl halides is 3. The molecule has 4 rings (SSSR count). The van der Waals surface area contributed by atoms with Crippen LogP contribution in [0.1, 0.15) is 12.0 Å². The number of nitrogens with one attached hydrogen (secondary N) is 2. The third-order valence-corrected chi connectivity index (χ3v) is 5.25. The summed E-state index contributed by atoms with van der Waals surface area (Å²) in [4.78, 5) is 25.8. The maximum atomic E-state index is 13.0. The molecule has 3 heterocycles. The number of anilines is 3. The van der Waals surface area contributed by atoms with Crippen molar-refractivity contribution in [1.29, 1.82) is 0 Å². The lowest BCUT2D eigenvalue weighted by atomic mass is 10.2. The summed E-state index contributed by atoms with van der Waals surface area (Å²) in [6, 6.07) is 4.68. The van der Waals surface area contributed by atoms with Crippen LogP contribution >= 0.6 is 28.3 Å². The minimum atomic E-state index is -4.48. The van der Waals surface area contributed by atoms with Gasteiger partial charge in [-0.15, -0.1) is 12.4 Å². The number of nitrogens with two attached hydrogens (primary N) is 1. The number of H-pyrrole nitrogens is 1. The first-order valence-electron chi connectivity index (χ1n) is 8.76. The van der Waals surface area contributed by atoms with Gasteiger partial charge in [-0.3, -0.25) is 4.79 Å². The summed E-state index contributed by atoms with van der Waals surface area (Å²) in [7, 11) is 0. The van der Waals surface area contributed by atoms with Gasteiger partial charge in [0.1, 0.15) is 11.2 Å². The van der Waals surface area contributed by atoms with Crippen molar-refractivity contribution in [3.63, 3.8) is 0 Å². The predicted molar refractivity (Wildman–Crippen MR) is 115 cm³/mol. The number of aromatic nitrogens is 3. The smallest absolute Gasteiger partial charge is 0.339 e. The Morgan fingerprint density at radius 2 is 2.07 bits per heavy atom. The Morgan fingerprint density at radius 3 is 2.73 bits per heavy atom. The molecule has 4 N–H and O–H groups in total. The van der Waals surface area contributed by atoms with E-state index in [-0.39, 0.29) is 35.3 Å². The first kappa shape index (κ1) is 22.3. The van der Waals surface area contributed by atoms with Crippen LogP contribution in [0.15, 0.2) is 39.7 Å². The number of hydrogen-bond acceptors (Lipinski definition) is 6. The zero-order chi connectivity index (χ0) is 20.8. The first-order chi connectivity index (χ1) is 13.7. The van der Waals surface area contributed by atoms with Gasteiger partial charge >= 0.3 is 6.18 Å². The Bertz CT molecular complexity index is 1140. The van der Waals surface area contributed by atoms with E-state index in [0.29, 0.717) is 29.0 Å². The molecule has 0 saturated carbocycles. The molecular formula is C18H17BrClF3N6O. The molecule has 0 amide bonds. The van der Waals surface area contributed by atoms with Crippen molar-refractivity contribution in [2.45, 2.75) is 18.6 Å². The highest BCUT2D eigenvalue weighted by Crippen LogP contribution is 2.33. The van der Waals surface area contributed by atoms with E-state index in [4.69, 9.17) is 5.73 Å². The molecular weight excluding hydrogens is 489 g/mol. The molecule has 1 aromatic carbocycles. The van der Waals surface area contributed by atoms with Gasteiger partial charge in [-0.2, -0.15) is 18.2 Å². The maximum Gasteiger partial charge on any atom is 0.416 e. The molecule has 0 radical (unpaired) electrons. The fraction of sp³-hybridized carbons (Fsp3) is 0.278. The molecule has 1 fully saturated rings. The second-order valence-electron chi connectivity index (χ2n) is 6.76. The van der Waals surface area contributed by atoms with E-state index in [1.54, 1.807) is 0 Å². The Morgan fingerprint density at radius 1 is 1.30 bits per heavy atom. The molecule has 0 unspecified atom stereocenters. The van der Waals surface area contributed by atoms with Gasteiger partial charge in [0.15, 0.2) is 0 Å². The highest BCUT2D eigenvalue weighted by atomic mass is 79.9. The Labute approximate surface area is 183 Å². The molecule has 12 heteroatoms. The van der Waals surface area contributed by atoms with Crippen molar-refractivity contribution >= 4 is 56.7 Å². The molecule has 1 atom stereocenters. The van der Waals surface area contributed by atoms with Crippen LogP contribution in [0, 0.1) is 0 Å². The third kappa shape index (κ3) is 4.37. The minimum Gasteiger partial charge on any atom is -0.339 e. The van der Waals surface area contributed by atoms with Gasteiger partial charge in [-0.1, -0.05) is 6.07 Å². The molecule has 0 aliphatic carbocycles. The van der Waals surface area contributed by atoms with E-state index in [9.17, 15) is 18.0 Å². The second-order valence-corrected chi connectivity index (χ2v) is 7.61.